The third-order valence-electron chi connectivity index (χ3n) is 9.21. The highest BCUT2D eigenvalue weighted by Crippen LogP contribution is 2.63. The molecular weight excluding hydrogens is 352 g/mol. The number of Topliss-reactive ketones (excluding diaryl/α,β-unsaturated/α-hetero) is 1. The predicted molar refractivity (Wildman–Crippen MR) is 118 cm³/mol. The summed E-state index contributed by atoms with van der Waals surface area (Å²) >= 11 is 0. The van der Waals surface area contributed by atoms with Gasteiger partial charge in [0.05, 0.1) is 0 Å². The number of hydrogen-bond donors (Lipinski definition) is 0. The van der Waals surface area contributed by atoms with E-state index in [-0.39, 0.29) is 5.78 Å². The number of allylic oxidation sites excluding steroid dienone is 2. The Morgan fingerprint density at radius 1 is 0.931 bits per heavy atom. The molecule has 152 valence electrons. The largest absolute Gasteiger partial charge is 0.279 e. The summed E-state index contributed by atoms with van der Waals surface area (Å²) in [6.45, 7) is 4.55. The summed E-state index contributed by atoms with van der Waals surface area (Å²) in [6, 6.07) is 7.82. The van der Waals surface area contributed by atoms with Gasteiger partial charge in [-0.1, -0.05) is 54.8 Å². The lowest BCUT2D eigenvalue weighted by molar-refractivity contribution is -0.0452. The molecule has 3 saturated carbocycles. The second kappa shape index (κ2) is 7.46. The van der Waals surface area contributed by atoms with Crippen LogP contribution in [-0.2, 0) is 0 Å². The monoisotopic (exact) mass is 386 g/mol. The first-order valence-corrected chi connectivity index (χ1v) is 11.8. The maximum atomic E-state index is 12.6. The molecule has 1 aromatic rings. The minimum Gasteiger partial charge on any atom is -0.279 e. The number of benzene rings is 1. The van der Waals surface area contributed by atoms with Crippen LogP contribution >= 0.6 is 0 Å². The molecule has 0 N–H and O–H groups in total. The topological polar surface area (TPSA) is 17.1 Å². The van der Waals surface area contributed by atoms with Crippen molar-refractivity contribution in [2.24, 2.45) is 40.9 Å². The molecule has 1 heteroatoms. The fraction of sp³-hybridized carbons (Fsp3) is 0.607. The Bertz CT molecular complexity index is 866. The number of carbonyl (C=O) groups is 1. The van der Waals surface area contributed by atoms with E-state index in [0.29, 0.717) is 11.3 Å². The van der Waals surface area contributed by atoms with E-state index in [1.807, 2.05) is 31.2 Å². The molecule has 0 radical (unpaired) electrons. The van der Waals surface area contributed by atoms with Gasteiger partial charge >= 0.3 is 0 Å². The van der Waals surface area contributed by atoms with Crippen molar-refractivity contribution in [2.45, 2.75) is 65.2 Å². The van der Waals surface area contributed by atoms with Gasteiger partial charge in [-0.25, -0.2) is 0 Å². The third-order valence-corrected chi connectivity index (χ3v) is 9.21. The van der Waals surface area contributed by atoms with Gasteiger partial charge in [-0.2, -0.15) is 0 Å². The van der Waals surface area contributed by atoms with Crippen LogP contribution in [0.5, 0.6) is 0 Å². The van der Waals surface area contributed by atoms with Crippen LogP contribution in [0.2, 0.25) is 0 Å². The number of fused-ring (bicyclic) bond motifs is 5. The highest BCUT2D eigenvalue weighted by Gasteiger charge is 2.56. The highest BCUT2D eigenvalue weighted by molar-refractivity contribution is 6.09. The minimum absolute atomic E-state index is 0.0137. The van der Waals surface area contributed by atoms with Crippen molar-refractivity contribution in [1.82, 2.24) is 0 Å². The van der Waals surface area contributed by atoms with Crippen LogP contribution in [0.4, 0.5) is 0 Å². The van der Waals surface area contributed by atoms with Crippen molar-refractivity contribution in [3.05, 3.63) is 47.5 Å². The summed E-state index contributed by atoms with van der Waals surface area (Å²) in [5.74, 6) is 11.5. The Morgan fingerprint density at radius 2 is 1.72 bits per heavy atom. The van der Waals surface area contributed by atoms with E-state index in [1.165, 1.54) is 56.9 Å². The number of aryl methyl sites for hydroxylation is 1. The molecule has 0 bridgehead atoms. The molecule has 0 amide bonds. The highest BCUT2D eigenvalue weighted by atomic mass is 16.1. The van der Waals surface area contributed by atoms with Crippen molar-refractivity contribution in [3.63, 3.8) is 0 Å². The Hall–Kier alpha value is -1.81. The molecule has 4 aliphatic rings. The van der Waals surface area contributed by atoms with E-state index < -0.39 is 0 Å². The van der Waals surface area contributed by atoms with Gasteiger partial charge in [-0.15, -0.1) is 0 Å². The quantitative estimate of drug-likeness (QED) is 0.229. The summed E-state index contributed by atoms with van der Waals surface area (Å²) in [5.41, 5.74) is 2.23. The molecule has 0 heterocycles. The predicted octanol–water partition coefficient (Wildman–Crippen LogP) is 6.62. The van der Waals surface area contributed by atoms with E-state index in [1.54, 1.807) is 0 Å². The van der Waals surface area contributed by atoms with Gasteiger partial charge in [0.15, 0.2) is 0 Å². The van der Waals surface area contributed by atoms with Gasteiger partial charge in [0.2, 0.25) is 5.78 Å². The Kier molecular flexibility index (Phi) is 4.93. The van der Waals surface area contributed by atoms with E-state index in [4.69, 9.17) is 0 Å². The molecule has 5 rings (SSSR count). The van der Waals surface area contributed by atoms with E-state index >= 15 is 0 Å². The molecule has 1 unspecified atom stereocenters. The number of rotatable bonds is 1. The average molecular weight is 387 g/mol. The Labute approximate surface area is 176 Å². The first kappa shape index (κ1) is 19.2. The molecule has 3 fully saturated rings. The van der Waals surface area contributed by atoms with E-state index in [0.717, 1.165) is 35.2 Å². The fourth-order valence-electron chi connectivity index (χ4n) is 7.59. The van der Waals surface area contributed by atoms with Crippen LogP contribution in [0.3, 0.4) is 0 Å². The molecule has 1 nitrogen and oxygen atoms in total. The fourth-order valence-corrected chi connectivity index (χ4v) is 7.59. The third kappa shape index (κ3) is 3.30. The zero-order valence-corrected chi connectivity index (χ0v) is 18.0. The molecule has 0 saturated heterocycles. The molecule has 4 aliphatic carbocycles. The first-order chi connectivity index (χ1) is 14.1. The summed E-state index contributed by atoms with van der Waals surface area (Å²) in [6.07, 6.45) is 15.6. The van der Waals surface area contributed by atoms with Crippen molar-refractivity contribution in [3.8, 4) is 11.8 Å². The Morgan fingerprint density at radius 3 is 2.55 bits per heavy atom. The smallest absolute Gasteiger partial charge is 0.235 e. The van der Waals surface area contributed by atoms with Crippen LogP contribution in [0.1, 0.15) is 74.2 Å². The lowest BCUT2D eigenvalue weighted by atomic mass is 9.50. The number of hydrogen-bond acceptors (Lipinski definition) is 1. The molecular formula is C28H34O. The van der Waals surface area contributed by atoms with E-state index in [9.17, 15) is 4.79 Å². The van der Waals surface area contributed by atoms with Crippen molar-refractivity contribution in [1.29, 1.82) is 0 Å². The lowest BCUT2D eigenvalue weighted by Crippen LogP contribution is -2.47. The van der Waals surface area contributed by atoms with Crippen LogP contribution < -0.4 is 0 Å². The molecule has 0 spiro atoms. The maximum absolute atomic E-state index is 12.6. The number of ketones is 1. The second-order valence-corrected chi connectivity index (χ2v) is 10.5. The van der Waals surface area contributed by atoms with Gasteiger partial charge in [-0.05, 0) is 99.2 Å². The van der Waals surface area contributed by atoms with Gasteiger partial charge in [0, 0.05) is 11.5 Å². The van der Waals surface area contributed by atoms with Gasteiger partial charge in [0.25, 0.3) is 0 Å². The van der Waals surface area contributed by atoms with Gasteiger partial charge in [-0.3, -0.25) is 4.79 Å². The molecule has 0 aromatic heterocycles. The summed E-state index contributed by atoms with van der Waals surface area (Å²) in [7, 11) is 0. The second-order valence-electron chi connectivity index (χ2n) is 10.5. The zero-order valence-electron chi connectivity index (χ0n) is 18.0. The van der Waals surface area contributed by atoms with Crippen molar-refractivity contribution in [2.75, 3.05) is 0 Å². The molecule has 0 aliphatic heterocycles. The molecule has 7 atom stereocenters. The minimum atomic E-state index is -0.0137. The zero-order chi connectivity index (χ0) is 20.0. The van der Waals surface area contributed by atoms with Gasteiger partial charge in [0.1, 0.15) is 0 Å². The standard InChI is InChI=1S/C28H34O/c1-19-7-9-21(10-8-19)27(29)16-13-22-12-15-26-25-14-11-20-5-3-4-6-23(20)24(25)17-18-28(22,26)2/h3-4,7-10,20,22-26H,5-6,11-12,14-15,17-18H2,1-2H3/t20?,22-,23-,24+,25+,26-,28+/m0/s1. The van der Waals surface area contributed by atoms with Crippen LogP contribution in [0.15, 0.2) is 36.4 Å². The summed E-state index contributed by atoms with van der Waals surface area (Å²) < 4.78 is 0. The normalized spacial score (nSPS) is 40.2. The maximum Gasteiger partial charge on any atom is 0.235 e. The van der Waals surface area contributed by atoms with E-state index in [2.05, 4.69) is 30.9 Å². The average Bonchev–Trinajstić information content (AvgIpc) is 3.08. The van der Waals surface area contributed by atoms with Gasteiger partial charge < -0.3 is 0 Å². The van der Waals surface area contributed by atoms with Crippen LogP contribution in [-0.4, -0.2) is 5.78 Å². The lowest BCUT2D eigenvalue weighted by Gasteiger charge is -2.54. The summed E-state index contributed by atoms with van der Waals surface area (Å²) in [4.78, 5) is 12.6. The summed E-state index contributed by atoms with van der Waals surface area (Å²) in [5, 5.41) is 0. The first-order valence-electron chi connectivity index (χ1n) is 11.8. The van der Waals surface area contributed by atoms with Crippen molar-refractivity contribution >= 4 is 5.78 Å². The molecule has 29 heavy (non-hydrogen) atoms. The SMILES string of the molecule is Cc1ccc(C(=O)C#C[C@@H]2CC[C@H]3[C@@H]4CCC5CC=CC[C@@H]5[C@H]4CC[C@]23C)cc1. The van der Waals surface area contributed by atoms with Crippen LogP contribution in [0, 0.1) is 59.7 Å². The van der Waals surface area contributed by atoms with Crippen molar-refractivity contribution < 1.29 is 4.79 Å². The molecule has 1 aromatic carbocycles. The van der Waals surface area contributed by atoms with Crippen LogP contribution in [0.25, 0.3) is 0 Å². The Balaban J connectivity index is 1.33. The number of carbonyl (C=O) groups excluding carboxylic acids is 1.